The zero-order valence-electron chi connectivity index (χ0n) is 11.5. The van der Waals surface area contributed by atoms with Crippen LogP contribution in [0.4, 0.5) is 0 Å². The average molecular weight is 246 g/mol. The molecule has 0 saturated heterocycles. The SMILES string of the molecule is CCc1cccc(OC2CC(=O)C2(CC)CC)c1. The Balaban J connectivity index is 2.12. The Labute approximate surface area is 109 Å². The molecule has 0 heterocycles. The van der Waals surface area contributed by atoms with E-state index >= 15 is 0 Å². The van der Waals surface area contributed by atoms with Crippen LogP contribution in [0.25, 0.3) is 0 Å². The minimum Gasteiger partial charge on any atom is -0.489 e. The fourth-order valence-corrected chi connectivity index (χ4v) is 2.87. The number of aryl methyl sites for hydroxylation is 1. The second-order valence-electron chi connectivity index (χ2n) is 5.10. The van der Waals surface area contributed by atoms with Crippen molar-refractivity contribution in [3.63, 3.8) is 0 Å². The van der Waals surface area contributed by atoms with Gasteiger partial charge in [-0.15, -0.1) is 0 Å². The molecule has 2 nitrogen and oxygen atoms in total. The van der Waals surface area contributed by atoms with Gasteiger partial charge in [0.2, 0.25) is 0 Å². The molecule has 1 unspecified atom stereocenters. The third-order valence-electron chi connectivity index (χ3n) is 4.39. The van der Waals surface area contributed by atoms with Crippen molar-refractivity contribution in [1.82, 2.24) is 0 Å². The Bertz CT molecular complexity index is 432. The Morgan fingerprint density at radius 2 is 2.00 bits per heavy atom. The molecule has 98 valence electrons. The van der Waals surface area contributed by atoms with Crippen molar-refractivity contribution in [3.05, 3.63) is 29.8 Å². The number of benzene rings is 1. The first-order valence-corrected chi connectivity index (χ1v) is 6.95. The van der Waals surface area contributed by atoms with Crippen LogP contribution in [0, 0.1) is 5.41 Å². The van der Waals surface area contributed by atoms with Crippen molar-refractivity contribution in [2.24, 2.45) is 5.41 Å². The van der Waals surface area contributed by atoms with Crippen LogP contribution in [-0.4, -0.2) is 11.9 Å². The third kappa shape index (κ3) is 2.05. The maximum Gasteiger partial charge on any atom is 0.146 e. The molecule has 0 aromatic heterocycles. The van der Waals surface area contributed by atoms with Gasteiger partial charge < -0.3 is 4.74 Å². The van der Waals surface area contributed by atoms with Crippen LogP contribution in [-0.2, 0) is 11.2 Å². The lowest BCUT2D eigenvalue weighted by Crippen LogP contribution is -2.56. The van der Waals surface area contributed by atoms with E-state index < -0.39 is 0 Å². The first-order chi connectivity index (χ1) is 8.66. The van der Waals surface area contributed by atoms with E-state index in [0.29, 0.717) is 12.2 Å². The van der Waals surface area contributed by atoms with E-state index in [2.05, 4.69) is 32.9 Å². The first kappa shape index (κ1) is 13.1. The van der Waals surface area contributed by atoms with Gasteiger partial charge in [-0.25, -0.2) is 0 Å². The molecule has 0 N–H and O–H groups in total. The number of hydrogen-bond donors (Lipinski definition) is 0. The van der Waals surface area contributed by atoms with Crippen LogP contribution < -0.4 is 4.74 Å². The predicted molar refractivity (Wildman–Crippen MR) is 72.9 cm³/mol. The van der Waals surface area contributed by atoms with Gasteiger partial charge in [-0.05, 0) is 37.0 Å². The van der Waals surface area contributed by atoms with E-state index in [1.807, 2.05) is 12.1 Å². The molecule has 1 aromatic carbocycles. The molecule has 1 fully saturated rings. The van der Waals surface area contributed by atoms with Crippen LogP contribution in [0.5, 0.6) is 5.75 Å². The summed E-state index contributed by atoms with van der Waals surface area (Å²) in [5.41, 5.74) is 1.04. The Hall–Kier alpha value is -1.31. The van der Waals surface area contributed by atoms with Gasteiger partial charge in [0.1, 0.15) is 17.6 Å². The van der Waals surface area contributed by atoms with Crippen molar-refractivity contribution in [2.75, 3.05) is 0 Å². The lowest BCUT2D eigenvalue weighted by atomic mass is 9.61. The molecule has 2 rings (SSSR count). The highest BCUT2D eigenvalue weighted by Crippen LogP contribution is 2.45. The first-order valence-electron chi connectivity index (χ1n) is 6.95. The molecule has 18 heavy (non-hydrogen) atoms. The number of carbonyl (C=O) groups excluding carboxylic acids is 1. The van der Waals surface area contributed by atoms with Gasteiger partial charge in [0.15, 0.2) is 0 Å². The van der Waals surface area contributed by atoms with Gasteiger partial charge >= 0.3 is 0 Å². The largest absolute Gasteiger partial charge is 0.489 e. The molecule has 1 aliphatic rings. The third-order valence-corrected chi connectivity index (χ3v) is 4.39. The smallest absolute Gasteiger partial charge is 0.146 e. The molecule has 0 aliphatic heterocycles. The van der Waals surface area contributed by atoms with Crippen LogP contribution in [0.15, 0.2) is 24.3 Å². The fourth-order valence-electron chi connectivity index (χ4n) is 2.87. The number of hydrogen-bond acceptors (Lipinski definition) is 2. The minimum absolute atomic E-state index is 0.0621. The molecular weight excluding hydrogens is 224 g/mol. The lowest BCUT2D eigenvalue weighted by Gasteiger charge is -2.46. The summed E-state index contributed by atoms with van der Waals surface area (Å²) in [5, 5.41) is 0. The van der Waals surface area contributed by atoms with E-state index in [1.165, 1.54) is 5.56 Å². The second-order valence-corrected chi connectivity index (χ2v) is 5.10. The molecule has 1 atom stereocenters. The van der Waals surface area contributed by atoms with Crippen molar-refractivity contribution >= 4 is 5.78 Å². The van der Waals surface area contributed by atoms with E-state index in [9.17, 15) is 4.79 Å². The Morgan fingerprint density at radius 1 is 1.28 bits per heavy atom. The summed E-state index contributed by atoms with van der Waals surface area (Å²) in [6, 6.07) is 8.19. The lowest BCUT2D eigenvalue weighted by molar-refractivity contribution is -0.153. The topological polar surface area (TPSA) is 26.3 Å². The van der Waals surface area contributed by atoms with Crippen molar-refractivity contribution in [2.45, 2.75) is 52.6 Å². The normalized spacial score (nSPS) is 21.5. The molecule has 2 heteroatoms. The molecule has 0 bridgehead atoms. The summed E-state index contributed by atoms with van der Waals surface area (Å²) in [6.45, 7) is 6.30. The maximum absolute atomic E-state index is 11.9. The van der Waals surface area contributed by atoms with E-state index in [1.54, 1.807) is 0 Å². The standard InChI is InChI=1S/C16H22O2/c1-4-12-8-7-9-13(10-12)18-15-11-14(17)16(15,5-2)6-3/h7-10,15H,4-6,11H2,1-3H3. The van der Waals surface area contributed by atoms with Crippen molar-refractivity contribution < 1.29 is 9.53 Å². The zero-order valence-corrected chi connectivity index (χ0v) is 11.5. The van der Waals surface area contributed by atoms with Crippen LogP contribution >= 0.6 is 0 Å². The van der Waals surface area contributed by atoms with Gasteiger partial charge in [0, 0.05) is 6.42 Å². The van der Waals surface area contributed by atoms with Gasteiger partial charge in [-0.3, -0.25) is 4.79 Å². The second kappa shape index (κ2) is 5.13. The Kier molecular flexibility index (Phi) is 3.74. The van der Waals surface area contributed by atoms with Gasteiger partial charge in [0.05, 0.1) is 5.41 Å². The highest BCUT2D eigenvalue weighted by molar-refractivity contribution is 5.92. The molecular formula is C16H22O2. The van der Waals surface area contributed by atoms with E-state index in [0.717, 1.165) is 25.0 Å². The minimum atomic E-state index is -0.234. The molecule has 0 amide bonds. The highest BCUT2D eigenvalue weighted by atomic mass is 16.5. The summed E-state index contributed by atoms with van der Waals surface area (Å²) < 4.78 is 6.04. The predicted octanol–water partition coefficient (Wildman–Crippen LogP) is 3.78. The number of ether oxygens (including phenoxy) is 1. The number of rotatable bonds is 5. The van der Waals surface area contributed by atoms with Gasteiger partial charge in [-0.1, -0.05) is 32.9 Å². The molecule has 0 spiro atoms. The van der Waals surface area contributed by atoms with Crippen molar-refractivity contribution in [1.29, 1.82) is 0 Å². The van der Waals surface area contributed by atoms with Crippen molar-refractivity contribution in [3.8, 4) is 5.75 Å². The summed E-state index contributed by atoms with van der Waals surface area (Å²) in [4.78, 5) is 11.9. The van der Waals surface area contributed by atoms with E-state index in [4.69, 9.17) is 4.74 Å². The summed E-state index contributed by atoms with van der Waals surface area (Å²) in [5.74, 6) is 1.27. The zero-order chi connectivity index (χ0) is 13.2. The quantitative estimate of drug-likeness (QED) is 0.790. The molecule has 1 saturated carbocycles. The molecule has 1 aliphatic carbocycles. The fraction of sp³-hybridized carbons (Fsp3) is 0.562. The van der Waals surface area contributed by atoms with Crippen LogP contribution in [0.1, 0.15) is 45.6 Å². The number of ketones is 1. The number of carbonyl (C=O) groups is 1. The summed E-state index contributed by atoms with van der Waals surface area (Å²) in [7, 11) is 0. The van der Waals surface area contributed by atoms with Crippen LogP contribution in [0.2, 0.25) is 0 Å². The van der Waals surface area contributed by atoms with Crippen LogP contribution in [0.3, 0.4) is 0 Å². The van der Waals surface area contributed by atoms with E-state index in [-0.39, 0.29) is 11.5 Å². The van der Waals surface area contributed by atoms with Gasteiger partial charge in [0.25, 0.3) is 0 Å². The Morgan fingerprint density at radius 3 is 2.56 bits per heavy atom. The molecule has 1 aromatic rings. The highest BCUT2D eigenvalue weighted by Gasteiger charge is 2.53. The molecule has 0 radical (unpaired) electrons. The summed E-state index contributed by atoms with van der Waals surface area (Å²) in [6.07, 6.45) is 3.39. The van der Waals surface area contributed by atoms with Gasteiger partial charge in [-0.2, -0.15) is 0 Å². The maximum atomic E-state index is 11.9. The monoisotopic (exact) mass is 246 g/mol. The average Bonchev–Trinajstić information content (AvgIpc) is 2.40. The number of Topliss-reactive ketones (excluding diaryl/α,β-unsaturated/α-hetero) is 1. The summed E-state index contributed by atoms with van der Waals surface area (Å²) >= 11 is 0.